The summed E-state index contributed by atoms with van der Waals surface area (Å²) in [5, 5.41) is 7.42. The third kappa shape index (κ3) is 4.34. The highest BCUT2D eigenvalue weighted by Gasteiger charge is 2.19. The van der Waals surface area contributed by atoms with Gasteiger partial charge in [-0.1, -0.05) is 127 Å². The van der Waals surface area contributed by atoms with Gasteiger partial charge in [0.1, 0.15) is 0 Å². The SMILES string of the molecule is c1ccc(-c2cc(-c3ccccc3)nc(-c3cccc(-n4c5ccccc5c5cc6c(cc54)c4ccccc4n4c5ccccc5cc64)c3)n2)cc1. The van der Waals surface area contributed by atoms with E-state index in [9.17, 15) is 0 Å². The molecule has 0 unspecified atom stereocenters. The first kappa shape index (κ1) is 28.8. The van der Waals surface area contributed by atoms with Crippen LogP contribution in [0.5, 0.6) is 0 Å². The number of aromatic nitrogens is 4. The van der Waals surface area contributed by atoms with Crippen LogP contribution in [0.15, 0.2) is 182 Å². The molecule has 0 aliphatic heterocycles. The molecule has 7 aromatic carbocycles. The Hall–Kier alpha value is -7.04. The average Bonchev–Trinajstić information content (AvgIpc) is 3.77. The standard InChI is InChI=1S/C48H30N4/c1-3-14-31(15-4-1)41-30-42(32-16-5-2-6-17-32)50-48(49-41)34-19-13-20-35(26-34)51-44-24-11-9-22-37(44)39-28-40-38(29-47(39)51)36-21-8-12-25-45(36)52-43-23-10-7-18-33(43)27-46(40)52/h1-30H. The van der Waals surface area contributed by atoms with Gasteiger partial charge in [0.2, 0.25) is 0 Å². The molecule has 0 bridgehead atoms. The summed E-state index contributed by atoms with van der Waals surface area (Å²) in [5.74, 6) is 0.696. The number of pyridine rings is 1. The second kappa shape index (κ2) is 11.2. The monoisotopic (exact) mass is 662 g/mol. The van der Waals surface area contributed by atoms with Gasteiger partial charge in [-0.05, 0) is 60.0 Å². The van der Waals surface area contributed by atoms with Gasteiger partial charge in [0.05, 0.1) is 39.0 Å². The van der Waals surface area contributed by atoms with E-state index in [-0.39, 0.29) is 0 Å². The average molecular weight is 663 g/mol. The number of benzene rings is 7. The van der Waals surface area contributed by atoms with Crippen molar-refractivity contribution >= 4 is 59.9 Å². The van der Waals surface area contributed by atoms with Crippen LogP contribution in [-0.2, 0) is 0 Å². The number of nitrogens with zero attached hydrogens (tertiary/aromatic N) is 4. The summed E-state index contributed by atoms with van der Waals surface area (Å²) in [5.41, 5.74) is 11.9. The topological polar surface area (TPSA) is 35.1 Å². The van der Waals surface area contributed by atoms with E-state index in [1.165, 1.54) is 54.4 Å². The molecule has 11 rings (SSSR count). The van der Waals surface area contributed by atoms with E-state index in [1.807, 2.05) is 12.1 Å². The molecule has 0 amide bonds. The fourth-order valence-corrected chi connectivity index (χ4v) is 8.11. The summed E-state index contributed by atoms with van der Waals surface area (Å²) in [7, 11) is 0. The Labute approximate surface area is 299 Å². The minimum Gasteiger partial charge on any atom is -0.309 e. The maximum absolute atomic E-state index is 5.15. The van der Waals surface area contributed by atoms with Gasteiger partial charge in [0.15, 0.2) is 5.82 Å². The molecule has 4 heteroatoms. The van der Waals surface area contributed by atoms with Crippen molar-refractivity contribution in [2.24, 2.45) is 0 Å². The second-order valence-corrected chi connectivity index (χ2v) is 13.5. The molecule has 4 aromatic heterocycles. The van der Waals surface area contributed by atoms with Gasteiger partial charge < -0.3 is 8.97 Å². The van der Waals surface area contributed by atoms with E-state index >= 15 is 0 Å². The predicted octanol–water partition coefficient (Wildman–Crippen LogP) is 12.3. The fraction of sp³-hybridized carbons (Fsp3) is 0. The molecule has 0 fully saturated rings. The molecule has 242 valence electrons. The third-order valence-electron chi connectivity index (χ3n) is 10.5. The van der Waals surface area contributed by atoms with Crippen molar-refractivity contribution in [3.05, 3.63) is 182 Å². The highest BCUT2D eigenvalue weighted by atomic mass is 15.0. The van der Waals surface area contributed by atoms with Gasteiger partial charge in [-0.25, -0.2) is 9.97 Å². The maximum Gasteiger partial charge on any atom is 0.160 e. The summed E-state index contributed by atoms with van der Waals surface area (Å²) in [6.07, 6.45) is 0. The lowest BCUT2D eigenvalue weighted by atomic mass is 10.0. The lowest BCUT2D eigenvalue weighted by Gasteiger charge is -2.13. The second-order valence-electron chi connectivity index (χ2n) is 13.5. The molecule has 4 heterocycles. The van der Waals surface area contributed by atoms with Gasteiger partial charge in [-0.2, -0.15) is 0 Å². The van der Waals surface area contributed by atoms with Crippen LogP contribution >= 0.6 is 0 Å². The van der Waals surface area contributed by atoms with Crippen molar-refractivity contribution < 1.29 is 0 Å². The quantitative estimate of drug-likeness (QED) is 0.176. The lowest BCUT2D eigenvalue weighted by Crippen LogP contribution is -1.98. The Balaban J connectivity index is 1.17. The van der Waals surface area contributed by atoms with Crippen LogP contribution in [0.4, 0.5) is 0 Å². The zero-order valence-electron chi connectivity index (χ0n) is 28.1. The van der Waals surface area contributed by atoms with E-state index in [2.05, 4.69) is 179 Å². The molecule has 0 saturated carbocycles. The molecule has 0 spiro atoms. The molecule has 0 saturated heterocycles. The zero-order valence-corrected chi connectivity index (χ0v) is 28.1. The minimum atomic E-state index is 0.696. The van der Waals surface area contributed by atoms with E-state index in [0.717, 1.165) is 39.3 Å². The third-order valence-corrected chi connectivity index (χ3v) is 10.5. The number of para-hydroxylation sites is 3. The minimum absolute atomic E-state index is 0.696. The summed E-state index contributed by atoms with van der Waals surface area (Å²) in [4.78, 5) is 10.3. The van der Waals surface area contributed by atoms with E-state index in [1.54, 1.807) is 0 Å². The highest BCUT2D eigenvalue weighted by Crippen LogP contribution is 2.40. The molecule has 4 nitrogen and oxygen atoms in total. The zero-order chi connectivity index (χ0) is 34.2. The van der Waals surface area contributed by atoms with Crippen molar-refractivity contribution in [3.8, 4) is 39.6 Å². The van der Waals surface area contributed by atoms with Crippen molar-refractivity contribution in [1.82, 2.24) is 18.9 Å². The summed E-state index contributed by atoms with van der Waals surface area (Å²) < 4.78 is 4.83. The molecule has 0 aliphatic carbocycles. The first-order chi connectivity index (χ1) is 25.8. The Morgan fingerprint density at radius 2 is 0.904 bits per heavy atom. The molecule has 0 N–H and O–H groups in total. The summed E-state index contributed by atoms with van der Waals surface area (Å²) in [6.45, 7) is 0. The highest BCUT2D eigenvalue weighted by molar-refractivity contribution is 6.22. The van der Waals surface area contributed by atoms with E-state index in [0.29, 0.717) is 5.82 Å². The number of fused-ring (bicyclic) bond motifs is 11. The van der Waals surface area contributed by atoms with Crippen LogP contribution < -0.4 is 0 Å². The molecule has 52 heavy (non-hydrogen) atoms. The molecule has 11 aromatic rings. The Bertz CT molecular complexity index is 3110. The molecule has 0 aliphatic rings. The smallest absolute Gasteiger partial charge is 0.160 e. The lowest BCUT2D eigenvalue weighted by molar-refractivity contribution is 1.16. The first-order valence-electron chi connectivity index (χ1n) is 17.7. The van der Waals surface area contributed by atoms with Crippen LogP contribution in [0.2, 0.25) is 0 Å². The van der Waals surface area contributed by atoms with Crippen molar-refractivity contribution in [1.29, 1.82) is 0 Å². The van der Waals surface area contributed by atoms with Crippen LogP contribution in [-0.4, -0.2) is 18.9 Å². The predicted molar refractivity (Wildman–Crippen MR) is 216 cm³/mol. The van der Waals surface area contributed by atoms with Crippen LogP contribution in [0.3, 0.4) is 0 Å². The largest absolute Gasteiger partial charge is 0.309 e. The Morgan fingerprint density at radius 3 is 1.63 bits per heavy atom. The Kier molecular flexibility index (Phi) is 6.22. The maximum atomic E-state index is 5.15. The molecule has 0 radical (unpaired) electrons. The van der Waals surface area contributed by atoms with Gasteiger partial charge in [-0.15, -0.1) is 0 Å². The summed E-state index contributed by atoms with van der Waals surface area (Å²) in [6, 6.07) is 64.8. The van der Waals surface area contributed by atoms with Gasteiger partial charge in [0.25, 0.3) is 0 Å². The van der Waals surface area contributed by atoms with E-state index in [4.69, 9.17) is 9.97 Å². The molecular formula is C48H30N4. The van der Waals surface area contributed by atoms with Crippen LogP contribution in [0.25, 0.3) is 99.5 Å². The Morgan fingerprint density at radius 1 is 0.327 bits per heavy atom. The van der Waals surface area contributed by atoms with Crippen LogP contribution in [0, 0.1) is 0 Å². The van der Waals surface area contributed by atoms with E-state index < -0.39 is 0 Å². The number of hydrogen-bond donors (Lipinski definition) is 0. The van der Waals surface area contributed by atoms with Crippen LogP contribution in [0.1, 0.15) is 0 Å². The van der Waals surface area contributed by atoms with Crippen molar-refractivity contribution in [2.75, 3.05) is 0 Å². The van der Waals surface area contributed by atoms with Crippen molar-refractivity contribution in [3.63, 3.8) is 0 Å². The summed E-state index contributed by atoms with van der Waals surface area (Å²) >= 11 is 0. The van der Waals surface area contributed by atoms with Gasteiger partial charge in [0, 0.05) is 49.3 Å². The normalized spacial score (nSPS) is 11.8. The molecular weight excluding hydrogens is 633 g/mol. The number of rotatable bonds is 4. The van der Waals surface area contributed by atoms with Gasteiger partial charge in [-0.3, -0.25) is 0 Å². The first-order valence-corrected chi connectivity index (χ1v) is 17.7. The molecule has 0 atom stereocenters. The number of hydrogen-bond acceptors (Lipinski definition) is 2. The van der Waals surface area contributed by atoms with Crippen molar-refractivity contribution in [2.45, 2.75) is 0 Å². The van der Waals surface area contributed by atoms with Gasteiger partial charge >= 0.3 is 0 Å². The fourth-order valence-electron chi connectivity index (χ4n) is 8.11.